The van der Waals surface area contributed by atoms with E-state index in [9.17, 15) is 15.4 Å². The number of ether oxygens (including phenoxy) is 1. The first-order valence-electron chi connectivity index (χ1n) is 6.30. The average Bonchev–Trinajstić information content (AvgIpc) is 2.54. The van der Waals surface area contributed by atoms with Crippen molar-refractivity contribution in [3.8, 4) is 29.0 Å². The number of methoxy groups -OCH3 is 1. The van der Waals surface area contributed by atoms with Gasteiger partial charge in [-0.1, -0.05) is 12.1 Å². The molecule has 0 fully saturated rings. The first-order chi connectivity index (χ1) is 11.0. The zero-order valence-corrected chi connectivity index (χ0v) is 12.0. The molecular weight excluding hydrogens is 298 g/mol. The van der Waals surface area contributed by atoms with Crippen molar-refractivity contribution in [2.24, 2.45) is 0 Å². The number of rotatable bonds is 3. The lowest BCUT2D eigenvalue weighted by Gasteiger charge is -2.12. The number of nitrogens with two attached hydrogens (primary N) is 2. The van der Waals surface area contributed by atoms with Crippen LogP contribution >= 0.6 is 0 Å². The van der Waals surface area contributed by atoms with Gasteiger partial charge >= 0.3 is 5.69 Å². The Bertz CT molecular complexity index is 876. The Labute approximate surface area is 131 Å². The minimum atomic E-state index is -0.726. The van der Waals surface area contributed by atoms with Crippen molar-refractivity contribution in [3.63, 3.8) is 0 Å². The molecule has 8 nitrogen and oxygen atoms in total. The summed E-state index contributed by atoms with van der Waals surface area (Å²) in [5, 5.41) is 29.9. The Morgan fingerprint density at radius 3 is 2.09 bits per heavy atom. The van der Waals surface area contributed by atoms with E-state index in [-0.39, 0.29) is 28.1 Å². The molecule has 0 aliphatic carbocycles. The molecule has 2 aromatic carbocycles. The Morgan fingerprint density at radius 1 is 1.09 bits per heavy atom. The lowest BCUT2D eigenvalue weighted by Crippen LogP contribution is -2.07. The minimum Gasteiger partial charge on any atom is -0.497 e. The Morgan fingerprint density at radius 2 is 1.65 bits per heavy atom. The molecule has 114 valence electrons. The van der Waals surface area contributed by atoms with Crippen molar-refractivity contribution < 1.29 is 9.66 Å². The van der Waals surface area contributed by atoms with E-state index in [1.165, 1.54) is 7.11 Å². The Balaban J connectivity index is 2.93. The van der Waals surface area contributed by atoms with Gasteiger partial charge in [0.25, 0.3) is 0 Å². The van der Waals surface area contributed by atoms with E-state index >= 15 is 0 Å². The molecule has 0 aromatic heterocycles. The van der Waals surface area contributed by atoms with Crippen LogP contribution in [0.3, 0.4) is 0 Å². The van der Waals surface area contributed by atoms with Gasteiger partial charge in [0.15, 0.2) is 0 Å². The number of hydrogen-bond acceptors (Lipinski definition) is 7. The van der Waals surface area contributed by atoms with Crippen LogP contribution in [0.1, 0.15) is 11.1 Å². The summed E-state index contributed by atoms with van der Waals surface area (Å²) in [6.07, 6.45) is 0. The zero-order valence-electron chi connectivity index (χ0n) is 12.0. The molecule has 0 atom stereocenters. The highest BCUT2D eigenvalue weighted by Crippen LogP contribution is 2.43. The maximum absolute atomic E-state index is 11.4. The summed E-state index contributed by atoms with van der Waals surface area (Å²) in [6, 6.07) is 9.80. The van der Waals surface area contributed by atoms with E-state index in [1.807, 2.05) is 6.07 Å². The number of benzene rings is 2. The fourth-order valence-corrected chi connectivity index (χ4v) is 2.24. The Kier molecular flexibility index (Phi) is 4.01. The van der Waals surface area contributed by atoms with Crippen LogP contribution in [0.2, 0.25) is 0 Å². The number of hydrogen-bond donors (Lipinski definition) is 2. The van der Waals surface area contributed by atoms with Gasteiger partial charge < -0.3 is 16.2 Å². The van der Waals surface area contributed by atoms with Gasteiger partial charge in [-0.05, 0) is 17.7 Å². The average molecular weight is 309 g/mol. The zero-order chi connectivity index (χ0) is 17.1. The van der Waals surface area contributed by atoms with Gasteiger partial charge in [-0.25, -0.2) is 0 Å². The Hall–Kier alpha value is -3.78. The van der Waals surface area contributed by atoms with Gasteiger partial charge in [0.05, 0.1) is 28.8 Å². The van der Waals surface area contributed by atoms with E-state index in [0.717, 1.165) is 0 Å². The van der Waals surface area contributed by atoms with Crippen LogP contribution in [0.4, 0.5) is 17.1 Å². The number of nitriles is 2. The normalized spacial score (nSPS) is 9.70. The molecule has 2 rings (SSSR count). The predicted octanol–water partition coefficient (Wildman–Crippen LogP) is 2.18. The molecule has 2 aromatic rings. The quantitative estimate of drug-likeness (QED) is 0.500. The van der Waals surface area contributed by atoms with Crippen LogP contribution in [-0.4, -0.2) is 12.0 Å². The van der Waals surface area contributed by atoms with Crippen molar-refractivity contribution in [1.29, 1.82) is 10.5 Å². The summed E-state index contributed by atoms with van der Waals surface area (Å²) in [5.41, 5.74) is 10.4. The van der Waals surface area contributed by atoms with Gasteiger partial charge in [0, 0.05) is 0 Å². The topological polar surface area (TPSA) is 152 Å². The molecule has 8 heteroatoms. The molecule has 0 saturated carbocycles. The molecule has 0 unspecified atom stereocenters. The molecule has 0 spiro atoms. The van der Waals surface area contributed by atoms with E-state index in [1.54, 1.807) is 30.3 Å². The van der Waals surface area contributed by atoms with Crippen LogP contribution < -0.4 is 16.2 Å². The van der Waals surface area contributed by atoms with Crippen molar-refractivity contribution in [2.75, 3.05) is 18.6 Å². The van der Waals surface area contributed by atoms with E-state index in [0.29, 0.717) is 11.3 Å². The largest absolute Gasteiger partial charge is 0.497 e. The van der Waals surface area contributed by atoms with Crippen molar-refractivity contribution >= 4 is 17.1 Å². The molecule has 0 heterocycles. The summed E-state index contributed by atoms with van der Waals surface area (Å²) in [4.78, 5) is 10.7. The van der Waals surface area contributed by atoms with Crippen LogP contribution in [0.25, 0.3) is 11.1 Å². The molecule has 0 saturated heterocycles. The van der Waals surface area contributed by atoms with Gasteiger partial charge in [-0.3, -0.25) is 10.1 Å². The first kappa shape index (κ1) is 15.6. The summed E-state index contributed by atoms with van der Waals surface area (Å²) < 4.78 is 5.03. The van der Waals surface area contributed by atoms with E-state index in [2.05, 4.69) is 0 Å². The van der Waals surface area contributed by atoms with Crippen molar-refractivity contribution in [2.45, 2.75) is 0 Å². The second-order valence-electron chi connectivity index (χ2n) is 4.51. The van der Waals surface area contributed by atoms with Crippen LogP contribution in [0, 0.1) is 32.8 Å². The van der Waals surface area contributed by atoms with Gasteiger partial charge in [-0.15, -0.1) is 0 Å². The molecule has 0 aliphatic rings. The number of anilines is 2. The predicted molar refractivity (Wildman–Crippen MR) is 83.3 cm³/mol. The molecule has 0 amide bonds. The SMILES string of the molecule is COc1ccc(-c2c(C#N)c(N)c(C#N)c(N)c2[N+](=O)[O-])cc1. The summed E-state index contributed by atoms with van der Waals surface area (Å²) in [6.45, 7) is 0. The lowest BCUT2D eigenvalue weighted by atomic mass is 9.93. The molecule has 0 aliphatic heterocycles. The maximum atomic E-state index is 11.4. The molecule has 0 bridgehead atoms. The third-order valence-electron chi connectivity index (χ3n) is 3.33. The minimum absolute atomic E-state index is 0.0193. The van der Waals surface area contributed by atoms with E-state index in [4.69, 9.17) is 21.5 Å². The number of nitrogens with zero attached hydrogens (tertiary/aromatic N) is 3. The number of nitro benzene ring substituents is 1. The van der Waals surface area contributed by atoms with Gasteiger partial charge in [0.1, 0.15) is 29.1 Å². The van der Waals surface area contributed by atoms with Crippen molar-refractivity contribution in [3.05, 3.63) is 45.5 Å². The number of nitro groups is 1. The summed E-state index contributed by atoms with van der Waals surface area (Å²) >= 11 is 0. The molecule has 4 N–H and O–H groups in total. The van der Waals surface area contributed by atoms with E-state index < -0.39 is 10.6 Å². The highest BCUT2D eigenvalue weighted by molar-refractivity contribution is 5.94. The van der Waals surface area contributed by atoms with Crippen molar-refractivity contribution in [1.82, 2.24) is 0 Å². The fraction of sp³-hybridized carbons (Fsp3) is 0.0667. The lowest BCUT2D eigenvalue weighted by molar-refractivity contribution is -0.383. The van der Waals surface area contributed by atoms with Gasteiger partial charge in [0.2, 0.25) is 0 Å². The third kappa shape index (κ3) is 2.45. The van der Waals surface area contributed by atoms with Crippen LogP contribution in [0.5, 0.6) is 5.75 Å². The highest BCUT2D eigenvalue weighted by atomic mass is 16.6. The fourth-order valence-electron chi connectivity index (χ4n) is 2.24. The van der Waals surface area contributed by atoms with Gasteiger partial charge in [-0.2, -0.15) is 10.5 Å². The first-order valence-corrected chi connectivity index (χ1v) is 6.30. The van der Waals surface area contributed by atoms with Crippen LogP contribution in [-0.2, 0) is 0 Å². The smallest absolute Gasteiger partial charge is 0.302 e. The monoisotopic (exact) mass is 309 g/mol. The molecular formula is C15H11N5O3. The van der Waals surface area contributed by atoms with Crippen LogP contribution in [0.15, 0.2) is 24.3 Å². The summed E-state index contributed by atoms with van der Waals surface area (Å²) in [5.74, 6) is 0.546. The third-order valence-corrected chi connectivity index (χ3v) is 3.33. The second kappa shape index (κ2) is 5.92. The standard InChI is InChI=1S/C15H11N5O3/c1-23-9-4-2-8(3-5-9)12-10(6-16)13(18)11(7-17)14(19)15(12)20(21)22/h2-5H,18-19H2,1H3. The summed E-state index contributed by atoms with van der Waals surface area (Å²) in [7, 11) is 1.48. The molecule has 0 radical (unpaired) electrons. The number of nitrogen functional groups attached to an aromatic ring is 2. The highest BCUT2D eigenvalue weighted by Gasteiger charge is 2.29. The maximum Gasteiger partial charge on any atom is 0.302 e. The second-order valence-corrected chi connectivity index (χ2v) is 4.51. The molecule has 23 heavy (non-hydrogen) atoms.